The first kappa shape index (κ1) is 24.9. The smallest absolute Gasteiger partial charge is 0.270 e. The van der Waals surface area contributed by atoms with Crippen LogP contribution in [0.2, 0.25) is 0 Å². The number of nitrogens with two attached hydrogens (primary N) is 1. The standard InChI is InChI=1S/C26H38N8O/c1-18-16-33(12-11-28-18)17-20-9-10-24(29-15-20)30-19(2)31-25-21(14-27)13-23(26(35)32(3)4)34(25)22-7-5-6-8-22/h9-10,13-15,18,22,28H,2,5-8,11-12,16-17,27H2,1,3-4H3,(H,29,30)/b21-14-,31-25+/t18-/m0/s1. The van der Waals surface area contributed by atoms with Gasteiger partial charge in [0.1, 0.15) is 23.2 Å². The molecule has 0 bridgehead atoms. The number of amides is 1. The minimum atomic E-state index is -0.0591. The fraction of sp³-hybridized carbons (Fsp3) is 0.500. The van der Waals surface area contributed by atoms with E-state index in [9.17, 15) is 4.79 Å². The molecule has 188 valence electrons. The first-order valence-electron chi connectivity index (χ1n) is 12.5. The summed E-state index contributed by atoms with van der Waals surface area (Å²) < 4.78 is 0. The van der Waals surface area contributed by atoms with Gasteiger partial charge in [0.2, 0.25) is 0 Å². The molecule has 0 aromatic carbocycles. The minimum absolute atomic E-state index is 0.0591. The number of aromatic nitrogens is 1. The molecule has 1 aromatic heterocycles. The number of rotatable bonds is 7. The number of pyridine rings is 1. The Hall–Kier alpha value is -3.17. The molecule has 0 spiro atoms. The lowest BCUT2D eigenvalue weighted by Crippen LogP contribution is -2.48. The van der Waals surface area contributed by atoms with E-state index < -0.39 is 0 Å². The van der Waals surface area contributed by atoms with Crippen LogP contribution in [0.3, 0.4) is 0 Å². The third-order valence-corrected chi connectivity index (χ3v) is 6.73. The zero-order valence-electron chi connectivity index (χ0n) is 21.1. The molecule has 0 radical (unpaired) electrons. The van der Waals surface area contributed by atoms with E-state index in [-0.39, 0.29) is 11.9 Å². The number of anilines is 1. The Kier molecular flexibility index (Phi) is 7.87. The summed E-state index contributed by atoms with van der Waals surface area (Å²) in [6, 6.07) is 4.77. The molecule has 2 fully saturated rings. The van der Waals surface area contributed by atoms with Crippen LogP contribution in [0.5, 0.6) is 0 Å². The van der Waals surface area contributed by atoms with Crippen LogP contribution >= 0.6 is 0 Å². The Labute approximate surface area is 208 Å². The van der Waals surface area contributed by atoms with Gasteiger partial charge in [0.15, 0.2) is 0 Å². The second-order valence-corrected chi connectivity index (χ2v) is 9.81. The summed E-state index contributed by atoms with van der Waals surface area (Å²) in [5, 5.41) is 6.67. The normalized spacial score (nSPS) is 23.7. The molecule has 4 N–H and O–H groups in total. The van der Waals surface area contributed by atoms with Gasteiger partial charge in [-0.25, -0.2) is 9.98 Å². The SMILES string of the molecule is C=C(/N=C1\C(=C/N)C=C(C(=O)N(C)C)N1C1CCCC1)Nc1ccc(CN2CCN[C@@H](C)C2)cn1. The topological polar surface area (TPSA) is 102 Å². The van der Waals surface area contributed by atoms with Gasteiger partial charge in [-0.3, -0.25) is 9.69 Å². The number of nitrogens with one attached hydrogen (secondary N) is 2. The predicted octanol–water partition coefficient (Wildman–Crippen LogP) is 2.23. The van der Waals surface area contributed by atoms with E-state index >= 15 is 0 Å². The molecule has 2 aliphatic heterocycles. The summed E-state index contributed by atoms with van der Waals surface area (Å²) in [5.41, 5.74) is 8.45. The van der Waals surface area contributed by atoms with Crippen molar-refractivity contribution in [2.75, 3.05) is 39.0 Å². The molecule has 4 rings (SSSR count). The molecular weight excluding hydrogens is 440 g/mol. The van der Waals surface area contributed by atoms with Gasteiger partial charge in [0.05, 0.1) is 0 Å². The maximum Gasteiger partial charge on any atom is 0.270 e. The highest BCUT2D eigenvalue weighted by molar-refractivity contribution is 6.12. The Morgan fingerprint density at radius 2 is 2.14 bits per heavy atom. The third-order valence-electron chi connectivity index (χ3n) is 6.73. The fourth-order valence-electron chi connectivity index (χ4n) is 5.01. The molecule has 1 saturated heterocycles. The lowest BCUT2D eigenvalue weighted by atomic mass is 10.2. The Morgan fingerprint density at radius 3 is 2.77 bits per heavy atom. The van der Waals surface area contributed by atoms with E-state index in [0.29, 0.717) is 29.2 Å². The molecule has 0 unspecified atom stereocenters. The number of piperazine rings is 1. The lowest BCUT2D eigenvalue weighted by molar-refractivity contribution is -0.126. The van der Waals surface area contributed by atoms with E-state index in [2.05, 4.69) is 40.1 Å². The van der Waals surface area contributed by atoms with Crippen LogP contribution in [-0.4, -0.2) is 77.2 Å². The van der Waals surface area contributed by atoms with Crippen LogP contribution in [0.25, 0.3) is 0 Å². The molecule has 3 aliphatic rings. The Balaban J connectivity index is 1.47. The molecule has 9 nitrogen and oxygen atoms in total. The summed E-state index contributed by atoms with van der Waals surface area (Å²) in [6.07, 6.45) is 9.55. The van der Waals surface area contributed by atoms with Crippen molar-refractivity contribution in [3.05, 3.63) is 59.8 Å². The van der Waals surface area contributed by atoms with Gasteiger partial charge in [-0.1, -0.05) is 25.5 Å². The Morgan fingerprint density at radius 1 is 1.37 bits per heavy atom. The van der Waals surface area contributed by atoms with Crippen molar-refractivity contribution in [3.63, 3.8) is 0 Å². The predicted molar refractivity (Wildman–Crippen MR) is 140 cm³/mol. The molecule has 1 saturated carbocycles. The average Bonchev–Trinajstić information content (AvgIpc) is 3.47. The number of likely N-dealkylation sites (N-methyl/N-ethyl adjacent to an activating group) is 1. The van der Waals surface area contributed by atoms with Crippen molar-refractivity contribution >= 4 is 17.6 Å². The molecule has 1 amide bonds. The highest BCUT2D eigenvalue weighted by atomic mass is 16.2. The number of hydrogen-bond acceptors (Lipinski definition) is 7. The first-order valence-corrected chi connectivity index (χ1v) is 12.5. The quantitative estimate of drug-likeness (QED) is 0.552. The summed E-state index contributed by atoms with van der Waals surface area (Å²) in [4.78, 5) is 28.3. The van der Waals surface area contributed by atoms with Crippen molar-refractivity contribution in [1.29, 1.82) is 0 Å². The van der Waals surface area contributed by atoms with Crippen LogP contribution in [0.1, 0.15) is 38.2 Å². The number of hydrogen-bond donors (Lipinski definition) is 3. The molecule has 1 aliphatic carbocycles. The van der Waals surface area contributed by atoms with E-state index in [0.717, 1.165) is 57.4 Å². The second-order valence-electron chi connectivity index (χ2n) is 9.81. The van der Waals surface area contributed by atoms with E-state index in [1.54, 1.807) is 19.0 Å². The van der Waals surface area contributed by atoms with Crippen molar-refractivity contribution in [2.45, 2.75) is 51.2 Å². The van der Waals surface area contributed by atoms with Crippen LogP contribution < -0.4 is 16.4 Å². The zero-order valence-corrected chi connectivity index (χ0v) is 21.1. The van der Waals surface area contributed by atoms with Gasteiger partial charge >= 0.3 is 0 Å². The maximum absolute atomic E-state index is 12.9. The van der Waals surface area contributed by atoms with E-state index in [1.807, 2.05) is 23.2 Å². The summed E-state index contributed by atoms with van der Waals surface area (Å²) >= 11 is 0. The third kappa shape index (κ3) is 5.91. The highest BCUT2D eigenvalue weighted by Gasteiger charge is 2.37. The van der Waals surface area contributed by atoms with Gasteiger partial charge in [-0.2, -0.15) is 0 Å². The van der Waals surface area contributed by atoms with E-state index in [1.165, 1.54) is 11.8 Å². The molecule has 35 heavy (non-hydrogen) atoms. The molecular formula is C26H38N8O. The van der Waals surface area contributed by atoms with Crippen molar-refractivity contribution < 1.29 is 4.79 Å². The van der Waals surface area contributed by atoms with Crippen molar-refractivity contribution in [2.24, 2.45) is 10.7 Å². The number of amidine groups is 1. The van der Waals surface area contributed by atoms with Gasteiger partial charge in [0, 0.05) is 70.3 Å². The largest absolute Gasteiger partial charge is 0.404 e. The fourth-order valence-corrected chi connectivity index (χ4v) is 5.01. The monoisotopic (exact) mass is 478 g/mol. The molecule has 3 heterocycles. The summed E-state index contributed by atoms with van der Waals surface area (Å²) in [6.45, 7) is 10.3. The zero-order chi connectivity index (χ0) is 24.9. The first-order chi connectivity index (χ1) is 16.9. The van der Waals surface area contributed by atoms with Crippen LogP contribution in [0, 0.1) is 0 Å². The van der Waals surface area contributed by atoms with Gasteiger partial charge in [-0.05, 0) is 37.5 Å². The number of aliphatic imine (C=N–C) groups is 1. The lowest BCUT2D eigenvalue weighted by Gasteiger charge is -2.31. The van der Waals surface area contributed by atoms with E-state index in [4.69, 9.17) is 10.7 Å². The van der Waals surface area contributed by atoms with Crippen molar-refractivity contribution in [3.8, 4) is 0 Å². The average molecular weight is 479 g/mol. The van der Waals surface area contributed by atoms with Crippen LogP contribution in [0.15, 0.2) is 59.3 Å². The maximum atomic E-state index is 12.9. The molecule has 1 atom stereocenters. The summed E-state index contributed by atoms with van der Waals surface area (Å²) in [5.74, 6) is 1.73. The molecule has 9 heteroatoms. The number of carbonyl (C=O) groups excluding carboxylic acids is 1. The highest BCUT2D eigenvalue weighted by Crippen LogP contribution is 2.33. The molecule has 1 aromatic rings. The summed E-state index contributed by atoms with van der Waals surface area (Å²) in [7, 11) is 3.52. The van der Waals surface area contributed by atoms with Gasteiger partial charge in [-0.15, -0.1) is 0 Å². The van der Waals surface area contributed by atoms with Gasteiger partial charge < -0.3 is 26.2 Å². The van der Waals surface area contributed by atoms with Gasteiger partial charge in [0.25, 0.3) is 5.91 Å². The van der Waals surface area contributed by atoms with Crippen molar-refractivity contribution in [1.82, 2.24) is 25.0 Å². The second kappa shape index (κ2) is 11.0. The number of carbonyl (C=O) groups is 1. The van der Waals surface area contributed by atoms with Crippen LogP contribution in [0.4, 0.5) is 5.82 Å². The number of nitrogens with zero attached hydrogens (tertiary/aromatic N) is 5. The minimum Gasteiger partial charge on any atom is -0.404 e. The Bertz CT molecular complexity index is 1020. The van der Waals surface area contributed by atoms with Crippen LogP contribution in [-0.2, 0) is 11.3 Å².